The highest BCUT2D eigenvalue weighted by Crippen LogP contribution is 2.28. The topological polar surface area (TPSA) is 96.0 Å². The third-order valence-electron chi connectivity index (χ3n) is 6.62. The van der Waals surface area contributed by atoms with Crippen molar-refractivity contribution in [3.05, 3.63) is 59.4 Å². The molecule has 0 saturated carbocycles. The Morgan fingerprint density at radius 3 is 2.61 bits per heavy atom. The van der Waals surface area contributed by atoms with Crippen molar-refractivity contribution >= 4 is 16.9 Å². The Kier molecular flexibility index (Phi) is 6.78. The summed E-state index contributed by atoms with van der Waals surface area (Å²) < 4.78 is 7.76. The maximum absolute atomic E-state index is 9.49. The highest BCUT2D eigenvalue weighted by molar-refractivity contribution is 5.83. The van der Waals surface area contributed by atoms with Gasteiger partial charge in [-0.25, -0.2) is 14.6 Å². The molecule has 9 nitrogen and oxygen atoms in total. The van der Waals surface area contributed by atoms with Crippen molar-refractivity contribution in [2.45, 2.75) is 20.3 Å². The number of hydrogen-bond acceptors (Lipinski definition) is 8. The second-order valence-corrected chi connectivity index (χ2v) is 9.20. The highest BCUT2D eigenvalue weighted by Gasteiger charge is 2.18. The summed E-state index contributed by atoms with van der Waals surface area (Å²) in [6.07, 6.45) is 0.973. The lowest BCUT2D eigenvalue weighted by molar-refractivity contribution is 0.224. The fourth-order valence-corrected chi connectivity index (χ4v) is 4.60. The predicted octanol–water partition coefficient (Wildman–Crippen LogP) is 3.50. The van der Waals surface area contributed by atoms with Crippen LogP contribution in [0.5, 0.6) is 5.75 Å². The lowest BCUT2D eigenvalue weighted by atomic mass is 10.1. The first kappa shape index (κ1) is 23.7. The quantitative estimate of drug-likeness (QED) is 0.369. The molecule has 3 aromatic heterocycles. The van der Waals surface area contributed by atoms with Gasteiger partial charge in [0, 0.05) is 51.0 Å². The molecule has 36 heavy (non-hydrogen) atoms. The van der Waals surface area contributed by atoms with E-state index in [1.54, 1.807) is 4.68 Å². The molecule has 0 N–H and O–H groups in total. The number of benzene rings is 1. The minimum atomic E-state index is 0.282. The van der Waals surface area contributed by atoms with E-state index in [9.17, 15) is 5.26 Å². The monoisotopic (exact) mass is 482 g/mol. The van der Waals surface area contributed by atoms with Gasteiger partial charge in [0.25, 0.3) is 0 Å². The van der Waals surface area contributed by atoms with Crippen LogP contribution in [-0.2, 0) is 7.05 Å². The van der Waals surface area contributed by atoms with Gasteiger partial charge in [0.2, 0.25) is 0 Å². The number of anilines is 1. The fraction of sp³-hybridized carbons (Fsp3) is 0.370. The van der Waals surface area contributed by atoms with Crippen LogP contribution < -0.4 is 9.64 Å². The second-order valence-electron chi connectivity index (χ2n) is 9.20. The maximum atomic E-state index is 9.49. The van der Waals surface area contributed by atoms with E-state index in [0.717, 1.165) is 78.7 Å². The van der Waals surface area contributed by atoms with E-state index in [0.29, 0.717) is 12.1 Å². The molecule has 0 spiro atoms. The molecule has 4 heterocycles. The Labute approximate surface area is 210 Å². The number of hydrogen-bond donors (Lipinski definition) is 0. The first-order valence-corrected chi connectivity index (χ1v) is 12.3. The summed E-state index contributed by atoms with van der Waals surface area (Å²) in [7, 11) is 1.81. The molecule has 5 rings (SSSR count). The van der Waals surface area contributed by atoms with Gasteiger partial charge in [-0.15, -0.1) is 5.10 Å². The average molecular weight is 483 g/mol. The van der Waals surface area contributed by atoms with Crippen LogP contribution in [0.4, 0.5) is 5.82 Å². The Hall–Kier alpha value is -4.03. The van der Waals surface area contributed by atoms with E-state index in [2.05, 4.69) is 48.3 Å². The van der Waals surface area contributed by atoms with E-state index in [1.165, 1.54) is 0 Å². The lowest BCUT2D eigenvalue weighted by Gasteiger charge is -2.35. The Bertz CT molecular complexity index is 1420. The van der Waals surface area contributed by atoms with Gasteiger partial charge in [-0.3, -0.25) is 4.90 Å². The molecule has 1 aliphatic rings. The zero-order valence-electron chi connectivity index (χ0n) is 21.0. The molecule has 0 unspecified atom stereocenters. The summed E-state index contributed by atoms with van der Waals surface area (Å²) in [5.74, 6) is 1.95. The van der Waals surface area contributed by atoms with Gasteiger partial charge in [0.1, 0.15) is 23.2 Å². The van der Waals surface area contributed by atoms with Crippen molar-refractivity contribution in [2.75, 3.05) is 44.2 Å². The smallest absolute Gasteiger partial charge is 0.170 e. The Morgan fingerprint density at radius 2 is 1.86 bits per heavy atom. The predicted molar refractivity (Wildman–Crippen MR) is 139 cm³/mol. The van der Waals surface area contributed by atoms with E-state index >= 15 is 0 Å². The highest BCUT2D eigenvalue weighted by atomic mass is 16.5. The van der Waals surface area contributed by atoms with Gasteiger partial charge in [0.05, 0.1) is 17.8 Å². The maximum Gasteiger partial charge on any atom is 0.170 e. The molecule has 1 aliphatic heterocycles. The van der Waals surface area contributed by atoms with Gasteiger partial charge in [-0.1, -0.05) is 11.3 Å². The molecule has 184 valence electrons. The molecule has 0 aliphatic carbocycles. The van der Waals surface area contributed by atoms with Crippen molar-refractivity contribution < 1.29 is 4.74 Å². The number of piperazine rings is 1. The normalized spacial score (nSPS) is 14.2. The molecular weight excluding hydrogens is 452 g/mol. The summed E-state index contributed by atoms with van der Waals surface area (Å²) in [4.78, 5) is 14.0. The van der Waals surface area contributed by atoms with Crippen molar-refractivity contribution in [3.8, 4) is 23.1 Å². The van der Waals surface area contributed by atoms with Crippen LogP contribution in [-0.4, -0.2) is 69.2 Å². The second kappa shape index (κ2) is 10.3. The van der Waals surface area contributed by atoms with E-state index in [-0.39, 0.29) is 5.69 Å². The Balaban J connectivity index is 1.14. The summed E-state index contributed by atoms with van der Waals surface area (Å²) in [5.41, 5.74) is 5.34. The number of rotatable bonds is 7. The molecule has 0 amide bonds. The first-order chi connectivity index (χ1) is 17.5. The van der Waals surface area contributed by atoms with Crippen molar-refractivity contribution in [1.82, 2.24) is 29.9 Å². The van der Waals surface area contributed by atoms with Crippen LogP contribution in [0, 0.1) is 25.2 Å². The zero-order chi connectivity index (χ0) is 25.1. The third kappa shape index (κ3) is 4.99. The third-order valence-corrected chi connectivity index (χ3v) is 6.62. The molecule has 1 saturated heterocycles. The van der Waals surface area contributed by atoms with Crippen LogP contribution in [0.3, 0.4) is 0 Å². The zero-order valence-corrected chi connectivity index (χ0v) is 21.0. The Morgan fingerprint density at radius 1 is 1.03 bits per heavy atom. The standard InChI is InChI=1S/C27H30N8O/c1-19-16-21(22-17-24-27(23(18-28)30-22)31-32-33(24)3)8-9-25(19)36-15-5-10-34-11-13-35(14-12-34)26-7-4-6-20(2)29-26/h4,6-9,16-17H,5,10-15H2,1-3H3. The van der Waals surface area contributed by atoms with Crippen molar-refractivity contribution in [3.63, 3.8) is 0 Å². The van der Waals surface area contributed by atoms with Gasteiger partial charge in [0.15, 0.2) is 5.69 Å². The number of pyridine rings is 2. The SMILES string of the molecule is Cc1cccc(N2CCN(CCCOc3ccc(-c4cc5c(nnn5C)c(C#N)n4)cc3C)CC2)n1. The number of nitrogens with zero attached hydrogens (tertiary/aromatic N) is 8. The average Bonchev–Trinajstić information content (AvgIpc) is 3.27. The molecule has 1 fully saturated rings. The van der Waals surface area contributed by atoms with Crippen LogP contribution in [0.15, 0.2) is 42.5 Å². The van der Waals surface area contributed by atoms with Gasteiger partial charge in [-0.2, -0.15) is 5.26 Å². The summed E-state index contributed by atoms with van der Waals surface area (Å²) in [6.45, 7) is 9.84. The van der Waals surface area contributed by atoms with Gasteiger partial charge < -0.3 is 9.64 Å². The molecule has 9 heteroatoms. The summed E-state index contributed by atoms with van der Waals surface area (Å²) >= 11 is 0. The van der Waals surface area contributed by atoms with Crippen LogP contribution >= 0.6 is 0 Å². The number of ether oxygens (including phenoxy) is 1. The van der Waals surface area contributed by atoms with E-state index < -0.39 is 0 Å². The number of aromatic nitrogens is 5. The molecule has 0 bridgehead atoms. The van der Waals surface area contributed by atoms with Crippen molar-refractivity contribution in [1.29, 1.82) is 5.26 Å². The van der Waals surface area contributed by atoms with E-state index in [1.807, 2.05) is 51.2 Å². The summed E-state index contributed by atoms with van der Waals surface area (Å²) in [5, 5.41) is 17.6. The molecule has 1 aromatic carbocycles. The van der Waals surface area contributed by atoms with Crippen LogP contribution in [0.1, 0.15) is 23.4 Å². The minimum absolute atomic E-state index is 0.282. The summed E-state index contributed by atoms with van der Waals surface area (Å²) in [6, 6.07) is 16.3. The molecule has 0 atom stereocenters. The number of aryl methyl sites for hydroxylation is 3. The minimum Gasteiger partial charge on any atom is -0.493 e. The van der Waals surface area contributed by atoms with Crippen molar-refractivity contribution in [2.24, 2.45) is 7.05 Å². The van der Waals surface area contributed by atoms with Gasteiger partial charge >= 0.3 is 0 Å². The lowest BCUT2D eigenvalue weighted by Crippen LogP contribution is -2.47. The molecule has 4 aromatic rings. The van der Waals surface area contributed by atoms with Crippen LogP contribution in [0.25, 0.3) is 22.3 Å². The molecule has 0 radical (unpaired) electrons. The van der Waals surface area contributed by atoms with E-state index in [4.69, 9.17) is 4.74 Å². The first-order valence-electron chi connectivity index (χ1n) is 12.3. The number of fused-ring (bicyclic) bond motifs is 1. The van der Waals surface area contributed by atoms with Crippen LogP contribution in [0.2, 0.25) is 0 Å². The largest absolute Gasteiger partial charge is 0.493 e. The number of nitriles is 1. The fourth-order valence-electron chi connectivity index (χ4n) is 4.60. The molecular formula is C27H30N8O. The van der Waals surface area contributed by atoms with Gasteiger partial charge in [-0.05, 0) is 62.2 Å².